The van der Waals surface area contributed by atoms with E-state index in [-0.39, 0.29) is 23.9 Å². The summed E-state index contributed by atoms with van der Waals surface area (Å²) < 4.78 is 0. The fourth-order valence-electron chi connectivity index (χ4n) is 4.90. The van der Waals surface area contributed by atoms with Gasteiger partial charge in [0.1, 0.15) is 0 Å². The minimum absolute atomic E-state index is 0.161. The molecule has 4 aliphatic rings. The highest BCUT2D eigenvalue weighted by molar-refractivity contribution is 5.77. The molecule has 0 aliphatic heterocycles. The number of nitrogens with one attached hydrogen (secondary N) is 2. The third-order valence-corrected chi connectivity index (χ3v) is 6.44. The minimum Gasteiger partial charge on any atom is -0.481 e. The van der Waals surface area contributed by atoms with Gasteiger partial charge in [0.15, 0.2) is 0 Å². The monoisotopic (exact) mass is 292 g/mol. The molecule has 116 valence electrons. The Balaban J connectivity index is 1.32. The van der Waals surface area contributed by atoms with Gasteiger partial charge in [-0.1, -0.05) is 0 Å². The van der Waals surface area contributed by atoms with E-state index in [2.05, 4.69) is 10.6 Å². The largest absolute Gasteiger partial charge is 0.481 e. The molecule has 4 fully saturated rings. The Morgan fingerprint density at radius 2 is 1.81 bits per heavy atom. The highest BCUT2D eigenvalue weighted by Crippen LogP contribution is 2.60. The van der Waals surface area contributed by atoms with Gasteiger partial charge in [-0.2, -0.15) is 0 Å². The standard InChI is InChI=1S/C16H24N2O3/c19-14(20)12-9-1-2-10(7-9)13(12)18-15(21)17-8-16(5-6-16)11-3-4-11/h9-13H,1-8H2,(H,19,20)(H2,17,18,21). The lowest BCUT2D eigenvalue weighted by molar-refractivity contribution is -0.144. The van der Waals surface area contributed by atoms with Crippen molar-refractivity contribution in [2.75, 3.05) is 6.54 Å². The van der Waals surface area contributed by atoms with Crippen LogP contribution < -0.4 is 10.6 Å². The second kappa shape index (κ2) is 4.62. The molecule has 5 heteroatoms. The van der Waals surface area contributed by atoms with Crippen molar-refractivity contribution in [2.24, 2.45) is 29.1 Å². The summed E-state index contributed by atoms with van der Waals surface area (Å²) in [4.78, 5) is 23.6. The molecule has 0 aromatic heterocycles. The Morgan fingerprint density at radius 1 is 1.10 bits per heavy atom. The summed E-state index contributed by atoms with van der Waals surface area (Å²) >= 11 is 0. The molecule has 21 heavy (non-hydrogen) atoms. The van der Waals surface area contributed by atoms with Crippen LogP contribution in [0.2, 0.25) is 0 Å². The molecule has 2 amide bonds. The van der Waals surface area contributed by atoms with E-state index in [1.165, 1.54) is 25.7 Å². The second-order valence-electron chi connectivity index (χ2n) is 7.69. The Morgan fingerprint density at radius 3 is 2.43 bits per heavy atom. The van der Waals surface area contributed by atoms with Crippen LogP contribution in [0, 0.1) is 29.1 Å². The van der Waals surface area contributed by atoms with Gasteiger partial charge in [0.25, 0.3) is 0 Å². The maximum Gasteiger partial charge on any atom is 0.315 e. The van der Waals surface area contributed by atoms with E-state index in [0.29, 0.717) is 11.3 Å². The molecule has 4 atom stereocenters. The van der Waals surface area contributed by atoms with Gasteiger partial charge in [-0.05, 0) is 68.1 Å². The number of fused-ring (bicyclic) bond motifs is 2. The molecule has 0 aromatic rings. The molecule has 0 saturated heterocycles. The van der Waals surface area contributed by atoms with Crippen molar-refractivity contribution in [3.63, 3.8) is 0 Å². The van der Waals surface area contributed by atoms with Crippen LogP contribution in [0.4, 0.5) is 4.79 Å². The molecule has 5 nitrogen and oxygen atoms in total. The van der Waals surface area contributed by atoms with Crippen molar-refractivity contribution in [1.82, 2.24) is 10.6 Å². The smallest absolute Gasteiger partial charge is 0.315 e. The van der Waals surface area contributed by atoms with E-state index < -0.39 is 5.97 Å². The number of rotatable bonds is 5. The molecule has 4 rings (SSSR count). The summed E-state index contributed by atoms with van der Waals surface area (Å²) in [5, 5.41) is 15.4. The summed E-state index contributed by atoms with van der Waals surface area (Å²) in [7, 11) is 0. The molecule has 4 aliphatic carbocycles. The number of urea groups is 1. The zero-order valence-electron chi connectivity index (χ0n) is 12.3. The van der Waals surface area contributed by atoms with Crippen molar-refractivity contribution >= 4 is 12.0 Å². The first-order valence-corrected chi connectivity index (χ1v) is 8.36. The Labute approximate surface area is 124 Å². The Bertz CT molecular complexity index is 470. The van der Waals surface area contributed by atoms with Crippen LogP contribution in [-0.2, 0) is 4.79 Å². The molecule has 3 N–H and O–H groups in total. The van der Waals surface area contributed by atoms with Crippen molar-refractivity contribution in [2.45, 2.75) is 51.0 Å². The van der Waals surface area contributed by atoms with E-state index in [1.54, 1.807) is 0 Å². The van der Waals surface area contributed by atoms with Gasteiger partial charge in [0, 0.05) is 12.6 Å². The Kier molecular flexibility index (Phi) is 2.95. The van der Waals surface area contributed by atoms with Gasteiger partial charge in [-0.25, -0.2) is 4.79 Å². The third kappa shape index (κ3) is 2.30. The number of carboxylic acids is 1. The van der Waals surface area contributed by atoms with Crippen molar-refractivity contribution in [3.05, 3.63) is 0 Å². The molecule has 0 radical (unpaired) electrons. The predicted molar refractivity (Wildman–Crippen MR) is 76.7 cm³/mol. The molecular weight excluding hydrogens is 268 g/mol. The van der Waals surface area contributed by atoms with Crippen LogP contribution in [0.15, 0.2) is 0 Å². The molecule has 4 saturated carbocycles. The molecule has 2 bridgehead atoms. The van der Waals surface area contributed by atoms with Crippen LogP contribution >= 0.6 is 0 Å². The van der Waals surface area contributed by atoms with Crippen LogP contribution in [0.1, 0.15) is 44.9 Å². The van der Waals surface area contributed by atoms with E-state index in [4.69, 9.17) is 0 Å². The highest BCUT2D eigenvalue weighted by Gasteiger charge is 2.54. The lowest BCUT2D eigenvalue weighted by Gasteiger charge is -2.29. The fraction of sp³-hybridized carbons (Fsp3) is 0.875. The van der Waals surface area contributed by atoms with Crippen LogP contribution in [0.3, 0.4) is 0 Å². The minimum atomic E-state index is -0.746. The number of hydrogen-bond acceptors (Lipinski definition) is 2. The molecular formula is C16H24N2O3. The Hall–Kier alpha value is -1.26. The van der Waals surface area contributed by atoms with E-state index in [0.717, 1.165) is 31.7 Å². The summed E-state index contributed by atoms with van der Waals surface area (Å²) in [6.07, 6.45) is 8.15. The maximum absolute atomic E-state index is 12.1. The maximum atomic E-state index is 12.1. The summed E-state index contributed by atoms with van der Waals surface area (Å²) in [5.41, 5.74) is 0.387. The first kappa shape index (κ1) is 13.4. The van der Waals surface area contributed by atoms with Gasteiger partial charge < -0.3 is 15.7 Å². The molecule has 0 aromatic carbocycles. The van der Waals surface area contributed by atoms with E-state index >= 15 is 0 Å². The number of hydrogen-bond donors (Lipinski definition) is 3. The van der Waals surface area contributed by atoms with Gasteiger partial charge >= 0.3 is 12.0 Å². The van der Waals surface area contributed by atoms with Crippen LogP contribution in [0.25, 0.3) is 0 Å². The number of carbonyl (C=O) groups excluding carboxylic acids is 1. The summed E-state index contributed by atoms with van der Waals surface area (Å²) in [6.45, 7) is 0.766. The van der Waals surface area contributed by atoms with Crippen molar-refractivity contribution < 1.29 is 14.7 Å². The predicted octanol–water partition coefficient (Wildman–Crippen LogP) is 1.98. The molecule has 4 unspecified atom stereocenters. The number of aliphatic carboxylic acids is 1. The van der Waals surface area contributed by atoms with Crippen molar-refractivity contribution in [3.8, 4) is 0 Å². The average Bonchev–Trinajstić information content (AvgIpc) is 3.35. The lowest BCUT2D eigenvalue weighted by atomic mass is 9.84. The van der Waals surface area contributed by atoms with Crippen LogP contribution in [0.5, 0.6) is 0 Å². The number of amides is 2. The second-order valence-corrected chi connectivity index (χ2v) is 7.69. The van der Waals surface area contributed by atoms with Crippen LogP contribution in [-0.4, -0.2) is 29.7 Å². The van der Waals surface area contributed by atoms with E-state index in [9.17, 15) is 14.7 Å². The summed E-state index contributed by atoms with van der Waals surface area (Å²) in [6, 6.07) is -0.331. The normalized spacial score (nSPS) is 39.0. The third-order valence-electron chi connectivity index (χ3n) is 6.44. The van der Waals surface area contributed by atoms with Gasteiger partial charge in [-0.3, -0.25) is 4.79 Å². The average molecular weight is 292 g/mol. The van der Waals surface area contributed by atoms with Gasteiger partial charge in [-0.15, -0.1) is 0 Å². The fourth-order valence-corrected chi connectivity index (χ4v) is 4.90. The van der Waals surface area contributed by atoms with Gasteiger partial charge in [0.2, 0.25) is 0 Å². The quantitative estimate of drug-likeness (QED) is 0.725. The first-order valence-electron chi connectivity index (χ1n) is 8.36. The van der Waals surface area contributed by atoms with E-state index in [1.807, 2.05) is 0 Å². The highest BCUT2D eigenvalue weighted by atomic mass is 16.4. The number of carbonyl (C=O) groups is 2. The molecule has 0 spiro atoms. The summed E-state index contributed by atoms with van der Waals surface area (Å²) in [5.74, 6) is 0.322. The number of carboxylic acid groups (broad SMARTS) is 1. The SMILES string of the molecule is O=C(NCC1(C2CC2)CC1)NC1C2CCC(C2)C1C(=O)O. The lowest BCUT2D eigenvalue weighted by Crippen LogP contribution is -2.51. The zero-order valence-corrected chi connectivity index (χ0v) is 12.3. The topological polar surface area (TPSA) is 78.4 Å². The first-order chi connectivity index (χ1) is 10.1. The van der Waals surface area contributed by atoms with Gasteiger partial charge in [0.05, 0.1) is 5.92 Å². The van der Waals surface area contributed by atoms with Crippen molar-refractivity contribution in [1.29, 1.82) is 0 Å². The molecule has 0 heterocycles. The zero-order chi connectivity index (χ0) is 14.6.